The molecule has 0 aromatic carbocycles. The van der Waals surface area contributed by atoms with E-state index in [0.29, 0.717) is 0 Å². The summed E-state index contributed by atoms with van der Waals surface area (Å²) in [5.74, 6) is 1.88. The van der Waals surface area contributed by atoms with Gasteiger partial charge >= 0.3 is 0 Å². The van der Waals surface area contributed by atoms with Gasteiger partial charge in [0.25, 0.3) is 0 Å². The standard InChI is InChI=1S/C14H27N3/c15-11-14(16-7-1-2-12-3-4-12)6-9-17-8-5-13(14)10-17/h12-13,16H,1-11,15H2. The summed E-state index contributed by atoms with van der Waals surface area (Å²) < 4.78 is 0. The van der Waals surface area contributed by atoms with Gasteiger partial charge in [-0.25, -0.2) is 0 Å². The first-order valence-corrected chi connectivity index (χ1v) is 7.50. The predicted molar refractivity (Wildman–Crippen MR) is 70.9 cm³/mol. The summed E-state index contributed by atoms with van der Waals surface area (Å²) in [6.07, 6.45) is 8.37. The van der Waals surface area contributed by atoms with E-state index < -0.39 is 0 Å². The first kappa shape index (κ1) is 11.9. The van der Waals surface area contributed by atoms with Crippen molar-refractivity contribution in [2.45, 2.75) is 44.1 Å². The molecule has 3 heteroatoms. The molecule has 98 valence electrons. The van der Waals surface area contributed by atoms with Crippen LogP contribution < -0.4 is 11.1 Å². The fourth-order valence-electron chi connectivity index (χ4n) is 3.76. The van der Waals surface area contributed by atoms with Crippen LogP contribution in [0.25, 0.3) is 0 Å². The minimum absolute atomic E-state index is 0.274. The zero-order chi connectivity index (χ0) is 11.7. The van der Waals surface area contributed by atoms with Crippen molar-refractivity contribution in [1.82, 2.24) is 10.2 Å². The molecule has 1 saturated carbocycles. The van der Waals surface area contributed by atoms with Crippen LogP contribution in [0.1, 0.15) is 38.5 Å². The normalized spacial score (nSPS) is 40.8. The summed E-state index contributed by atoms with van der Waals surface area (Å²) in [5.41, 5.74) is 6.37. The Morgan fingerprint density at radius 1 is 1.24 bits per heavy atom. The predicted octanol–water partition coefficient (Wildman–Crippen LogP) is 1.19. The molecule has 17 heavy (non-hydrogen) atoms. The van der Waals surface area contributed by atoms with Crippen LogP contribution in [0.2, 0.25) is 0 Å². The number of hydrogen-bond acceptors (Lipinski definition) is 3. The molecule has 0 spiro atoms. The highest BCUT2D eigenvalue weighted by molar-refractivity contribution is 5.03. The minimum atomic E-state index is 0.274. The molecule has 3 fully saturated rings. The van der Waals surface area contributed by atoms with Gasteiger partial charge in [0, 0.05) is 18.6 Å². The van der Waals surface area contributed by atoms with E-state index in [1.54, 1.807) is 0 Å². The fraction of sp³-hybridized carbons (Fsp3) is 1.00. The van der Waals surface area contributed by atoms with E-state index in [9.17, 15) is 0 Å². The molecule has 3 nitrogen and oxygen atoms in total. The van der Waals surface area contributed by atoms with Crippen molar-refractivity contribution in [3.05, 3.63) is 0 Å². The molecule has 3 atom stereocenters. The van der Waals surface area contributed by atoms with Gasteiger partial charge in [-0.1, -0.05) is 12.8 Å². The van der Waals surface area contributed by atoms with E-state index in [0.717, 1.165) is 18.4 Å². The van der Waals surface area contributed by atoms with Crippen LogP contribution in [0.15, 0.2) is 0 Å². The Morgan fingerprint density at radius 2 is 2.12 bits per heavy atom. The molecule has 3 unspecified atom stereocenters. The number of nitrogens with two attached hydrogens (primary N) is 1. The summed E-state index contributed by atoms with van der Waals surface area (Å²) in [7, 11) is 0. The summed E-state index contributed by atoms with van der Waals surface area (Å²) in [6.45, 7) is 5.85. The molecule has 2 saturated heterocycles. The molecular formula is C14H27N3. The van der Waals surface area contributed by atoms with Crippen molar-refractivity contribution >= 4 is 0 Å². The summed E-state index contributed by atoms with van der Waals surface area (Å²) in [5, 5.41) is 3.84. The van der Waals surface area contributed by atoms with Gasteiger partial charge in [0.1, 0.15) is 0 Å². The molecule has 2 bridgehead atoms. The number of nitrogens with zero attached hydrogens (tertiary/aromatic N) is 1. The molecule has 2 heterocycles. The molecule has 0 aromatic rings. The van der Waals surface area contributed by atoms with Crippen molar-refractivity contribution in [1.29, 1.82) is 0 Å². The minimum Gasteiger partial charge on any atom is -0.329 e. The van der Waals surface area contributed by atoms with E-state index in [4.69, 9.17) is 5.73 Å². The third-order valence-corrected chi connectivity index (χ3v) is 5.26. The van der Waals surface area contributed by atoms with Gasteiger partial charge in [0.2, 0.25) is 0 Å². The van der Waals surface area contributed by atoms with E-state index in [2.05, 4.69) is 10.2 Å². The first-order chi connectivity index (χ1) is 8.32. The number of rotatable bonds is 6. The molecule has 0 aromatic heterocycles. The van der Waals surface area contributed by atoms with E-state index in [1.807, 2.05) is 0 Å². The van der Waals surface area contributed by atoms with Crippen molar-refractivity contribution in [2.24, 2.45) is 17.6 Å². The molecule has 1 aliphatic carbocycles. The van der Waals surface area contributed by atoms with Crippen molar-refractivity contribution in [3.63, 3.8) is 0 Å². The highest BCUT2D eigenvalue weighted by atomic mass is 15.2. The van der Waals surface area contributed by atoms with Crippen LogP contribution in [-0.2, 0) is 0 Å². The third kappa shape index (κ3) is 2.51. The van der Waals surface area contributed by atoms with Crippen LogP contribution in [-0.4, -0.2) is 43.2 Å². The highest BCUT2D eigenvalue weighted by Crippen LogP contribution is 2.36. The van der Waals surface area contributed by atoms with E-state index in [1.165, 1.54) is 64.7 Å². The molecule has 3 rings (SSSR count). The maximum Gasteiger partial charge on any atom is 0.0357 e. The Kier molecular flexibility index (Phi) is 3.42. The first-order valence-electron chi connectivity index (χ1n) is 7.50. The third-order valence-electron chi connectivity index (χ3n) is 5.26. The molecule has 3 aliphatic rings. The van der Waals surface area contributed by atoms with Gasteiger partial charge in [-0.3, -0.25) is 0 Å². The van der Waals surface area contributed by atoms with Crippen LogP contribution in [0.5, 0.6) is 0 Å². The lowest BCUT2D eigenvalue weighted by Gasteiger charge is -2.43. The average molecular weight is 237 g/mol. The molecule has 0 amide bonds. The lowest BCUT2D eigenvalue weighted by molar-refractivity contribution is 0.136. The largest absolute Gasteiger partial charge is 0.329 e. The number of piperidine rings is 1. The van der Waals surface area contributed by atoms with Gasteiger partial charge in [-0.05, 0) is 57.2 Å². The van der Waals surface area contributed by atoms with Gasteiger partial charge in [-0.15, -0.1) is 0 Å². The fourth-order valence-corrected chi connectivity index (χ4v) is 3.76. The highest BCUT2D eigenvalue weighted by Gasteiger charge is 2.44. The number of fused-ring (bicyclic) bond motifs is 2. The second-order valence-corrected chi connectivity index (χ2v) is 6.41. The van der Waals surface area contributed by atoms with Crippen LogP contribution in [0, 0.1) is 11.8 Å². The maximum atomic E-state index is 6.10. The molecule has 0 radical (unpaired) electrons. The Hall–Kier alpha value is -0.120. The summed E-state index contributed by atoms with van der Waals surface area (Å²) in [6, 6.07) is 0. The maximum absolute atomic E-state index is 6.10. The van der Waals surface area contributed by atoms with Crippen LogP contribution in [0.4, 0.5) is 0 Å². The zero-order valence-corrected chi connectivity index (χ0v) is 11.0. The van der Waals surface area contributed by atoms with E-state index >= 15 is 0 Å². The second-order valence-electron chi connectivity index (χ2n) is 6.41. The Balaban J connectivity index is 1.49. The summed E-state index contributed by atoms with van der Waals surface area (Å²) >= 11 is 0. The quantitative estimate of drug-likeness (QED) is 0.682. The van der Waals surface area contributed by atoms with E-state index in [-0.39, 0.29) is 5.54 Å². The number of nitrogens with one attached hydrogen (secondary N) is 1. The SMILES string of the molecule is NCC1(NCCCC2CC2)CCN2CCC1C2. The van der Waals surface area contributed by atoms with Gasteiger partial charge in [0.15, 0.2) is 0 Å². The molecule has 3 N–H and O–H groups in total. The van der Waals surface area contributed by atoms with Crippen LogP contribution in [0.3, 0.4) is 0 Å². The Labute approximate surface area is 105 Å². The molecular weight excluding hydrogens is 210 g/mol. The smallest absolute Gasteiger partial charge is 0.0357 e. The Bertz CT molecular complexity index is 264. The van der Waals surface area contributed by atoms with Gasteiger partial charge in [0.05, 0.1) is 0 Å². The number of hydrogen-bond donors (Lipinski definition) is 2. The summed E-state index contributed by atoms with van der Waals surface area (Å²) in [4.78, 5) is 2.60. The second kappa shape index (κ2) is 4.87. The Morgan fingerprint density at radius 3 is 2.88 bits per heavy atom. The van der Waals surface area contributed by atoms with Crippen molar-refractivity contribution in [2.75, 3.05) is 32.7 Å². The lowest BCUT2D eigenvalue weighted by atomic mass is 9.78. The zero-order valence-electron chi connectivity index (χ0n) is 11.0. The molecule has 2 aliphatic heterocycles. The van der Waals surface area contributed by atoms with Gasteiger partial charge < -0.3 is 16.0 Å². The average Bonchev–Trinajstić information content (AvgIpc) is 3.10. The van der Waals surface area contributed by atoms with Gasteiger partial charge in [-0.2, -0.15) is 0 Å². The lowest BCUT2D eigenvalue weighted by Crippen LogP contribution is -2.60. The van der Waals surface area contributed by atoms with Crippen molar-refractivity contribution < 1.29 is 0 Å². The monoisotopic (exact) mass is 237 g/mol. The topological polar surface area (TPSA) is 41.3 Å². The van der Waals surface area contributed by atoms with Crippen molar-refractivity contribution in [3.8, 4) is 0 Å². The van der Waals surface area contributed by atoms with Crippen LogP contribution >= 0.6 is 0 Å².